The normalized spacial score (nSPS) is 21.8. The second kappa shape index (κ2) is 8.79. The molecule has 5 rings (SSSR count). The molecule has 0 unspecified atom stereocenters. The number of benzene rings is 1. The number of carbonyl (C=O) groups excluding carboxylic acids is 1. The van der Waals surface area contributed by atoms with E-state index in [1.54, 1.807) is 12.1 Å². The van der Waals surface area contributed by atoms with E-state index in [2.05, 4.69) is 20.6 Å². The molecule has 3 aromatic rings. The standard InChI is InChI=1S/C21H23N5O2.2ClH/c1-12-24-16-6-5-13(8-17(16)25-12)21(28)23-11-19-15-7-14(9-22-10-15)18-3-2-4-20(27)26(18)19;;/h2-6,8,14-15,19,22H,7,9-11H2,1H3,(H,23,28)(H,24,25);2*1H/t14-,15+,19+;;/m1../s1. The highest BCUT2D eigenvalue weighted by atomic mass is 35.5. The minimum absolute atomic E-state index is 0. The van der Waals surface area contributed by atoms with Gasteiger partial charge >= 0.3 is 0 Å². The fraction of sp³-hybridized carbons (Fsp3) is 0.381. The van der Waals surface area contributed by atoms with Gasteiger partial charge in [0, 0.05) is 42.9 Å². The predicted molar refractivity (Wildman–Crippen MR) is 121 cm³/mol. The molecule has 2 aliphatic rings. The first-order valence-electron chi connectivity index (χ1n) is 9.77. The Bertz CT molecular complexity index is 1130. The first-order chi connectivity index (χ1) is 13.6. The van der Waals surface area contributed by atoms with Crippen molar-refractivity contribution in [1.82, 2.24) is 25.2 Å². The summed E-state index contributed by atoms with van der Waals surface area (Å²) >= 11 is 0. The van der Waals surface area contributed by atoms with E-state index in [1.165, 1.54) is 0 Å². The number of aromatic nitrogens is 3. The van der Waals surface area contributed by atoms with Crippen LogP contribution in [0.2, 0.25) is 0 Å². The van der Waals surface area contributed by atoms with Crippen LogP contribution in [0.15, 0.2) is 41.2 Å². The largest absolute Gasteiger partial charge is 0.350 e. The molecule has 2 aromatic heterocycles. The van der Waals surface area contributed by atoms with E-state index >= 15 is 0 Å². The molecule has 3 atom stereocenters. The van der Waals surface area contributed by atoms with Crippen molar-refractivity contribution in [3.05, 3.63) is 63.8 Å². The first kappa shape index (κ1) is 22.3. The lowest BCUT2D eigenvalue weighted by atomic mass is 9.79. The molecule has 0 saturated carbocycles. The van der Waals surface area contributed by atoms with Crippen LogP contribution in [0.5, 0.6) is 0 Å². The number of rotatable bonds is 3. The number of H-pyrrole nitrogens is 1. The summed E-state index contributed by atoms with van der Waals surface area (Å²) < 4.78 is 1.90. The van der Waals surface area contributed by atoms with Crippen LogP contribution in [-0.4, -0.2) is 40.1 Å². The van der Waals surface area contributed by atoms with Gasteiger partial charge in [-0.3, -0.25) is 9.59 Å². The summed E-state index contributed by atoms with van der Waals surface area (Å²) in [6, 6.07) is 10.9. The molecule has 1 saturated heterocycles. The van der Waals surface area contributed by atoms with Gasteiger partial charge in [-0.05, 0) is 43.5 Å². The number of fused-ring (bicyclic) bond motifs is 5. The van der Waals surface area contributed by atoms with E-state index in [4.69, 9.17) is 0 Å². The Morgan fingerprint density at radius 1 is 1.23 bits per heavy atom. The van der Waals surface area contributed by atoms with Gasteiger partial charge < -0.3 is 20.2 Å². The molecule has 0 radical (unpaired) electrons. The van der Waals surface area contributed by atoms with Gasteiger partial charge in [-0.15, -0.1) is 24.8 Å². The highest BCUT2D eigenvalue weighted by Crippen LogP contribution is 2.38. The summed E-state index contributed by atoms with van der Waals surface area (Å²) in [5.74, 6) is 1.39. The lowest BCUT2D eigenvalue weighted by molar-refractivity contribution is 0.0932. The zero-order valence-electron chi connectivity index (χ0n) is 16.6. The Labute approximate surface area is 186 Å². The molecule has 2 aliphatic heterocycles. The van der Waals surface area contributed by atoms with Crippen LogP contribution in [0.4, 0.5) is 0 Å². The van der Waals surface area contributed by atoms with Crippen LogP contribution in [0.3, 0.4) is 0 Å². The Morgan fingerprint density at radius 2 is 2.07 bits per heavy atom. The quantitative estimate of drug-likeness (QED) is 0.572. The number of amides is 1. The average Bonchev–Trinajstić information content (AvgIpc) is 3.07. The minimum Gasteiger partial charge on any atom is -0.350 e. The van der Waals surface area contributed by atoms with Crippen molar-refractivity contribution in [2.45, 2.75) is 25.3 Å². The maximum Gasteiger partial charge on any atom is 0.251 e. The number of aromatic amines is 1. The molecule has 30 heavy (non-hydrogen) atoms. The van der Waals surface area contributed by atoms with Crippen molar-refractivity contribution in [1.29, 1.82) is 0 Å². The number of pyridine rings is 1. The van der Waals surface area contributed by atoms with Crippen LogP contribution in [-0.2, 0) is 0 Å². The molecule has 9 heteroatoms. The van der Waals surface area contributed by atoms with E-state index < -0.39 is 0 Å². The van der Waals surface area contributed by atoms with E-state index in [1.807, 2.05) is 35.8 Å². The van der Waals surface area contributed by atoms with Gasteiger partial charge in [0.1, 0.15) is 5.82 Å². The molecule has 3 N–H and O–H groups in total. The van der Waals surface area contributed by atoms with Crippen molar-refractivity contribution in [2.75, 3.05) is 19.6 Å². The van der Waals surface area contributed by atoms with Crippen molar-refractivity contribution >= 4 is 41.8 Å². The number of aryl methyl sites for hydroxylation is 1. The number of hydrogen-bond acceptors (Lipinski definition) is 4. The van der Waals surface area contributed by atoms with Crippen LogP contribution >= 0.6 is 24.8 Å². The molecule has 2 bridgehead atoms. The molecule has 4 heterocycles. The van der Waals surface area contributed by atoms with Crippen molar-refractivity contribution in [2.24, 2.45) is 5.92 Å². The predicted octanol–water partition coefficient (Wildman–Crippen LogP) is 2.55. The highest BCUT2D eigenvalue weighted by molar-refractivity contribution is 5.97. The monoisotopic (exact) mass is 449 g/mol. The number of imidazole rings is 1. The smallest absolute Gasteiger partial charge is 0.251 e. The lowest BCUT2D eigenvalue weighted by Gasteiger charge is -2.43. The van der Waals surface area contributed by atoms with Gasteiger partial charge in [0.05, 0.1) is 17.1 Å². The molecule has 0 spiro atoms. The number of piperidine rings is 1. The Hall–Kier alpha value is -2.35. The van der Waals surface area contributed by atoms with Crippen molar-refractivity contribution in [3.63, 3.8) is 0 Å². The fourth-order valence-corrected chi connectivity index (χ4v) is 4.74. The van der Waals surface area contributed by atoms with E-state index in [0.29, 0.717) is 23.9 Å². The summed E-state index contributed by atoms with van der Waals surface area (Å²) in [6.45, 7) is 4.11. The Morgan fingerprint density at radius 3 is 2.90 bits per heavy atom. The molecular weight excluding hydrogens is 425 g/mol. The molecule has 0 aliphatic carbocycles. The van der Waals surface area contributed by atoms with Gasteiger partial charge in [-0.1, -0.05) is 6.07 Å². The van der Waals surface area contributed by atoms with E-state index in [0.717, 1.165) is 42.1 Å². The van der Waals surface area contributed by atoms with E-state index in [9.17, 15) is 9.59 Å². The molecule has 1 aromatic carbocycles. The highest BCUT2D eigenvalue weighted by Gasteiger charge is 2.37. The second-order valence-corrected chi connectivity index (χ2v) is 7.84. The maximum absolute atomic E-state index is 12.8. The third-order valence-electron chi connectivity index (χ3n) is 6.03. The van der Waals surface area contributed by atoms with Gasteiger partial charge in [-0.25, -0.2) is 4.98 Å². The van der Waals surface area contributed by atoms with Crippen LogP contribution in [0.25, 0.3) is 11.0 Å². The first-order valence-corrected chi connectivity index (χ1v) is 9.77. The Kier molecular flexibility index (Phi) is 6.55. The second-order valence-electron chi connectivity index (χ2n) is 7.84. The number of halogens is 2. The molecule has 1 amide bonds. The van der Waals surface area contributed by atoms with Gasteiger partial charge in [0.2, 0.25) is 0 Å². The third-order valence-corrected chi connectivity index (χ3v) is 6.03. The van der Waals surface area contributed by atoms with Crippen LogP contribution in [0.1, 0.15) is 40.3 Å². The van der Waals surface area contributed by atoms with Crippen molar-refractivity contribution < 1.29 is 4.79 Å². The molecule has 1 fully saturated rings. The molecular formula is C21H25Cl2N5O2. The zero-order chi connectivity index (χ0) is 19.3. The number of carbonyl (C=O) groups is 1. The summed E-state index contributed by atoms with van der Waals surface area (Å²) in [7, 11) is 0. The van der Waals surface area contributed by atoms with E-state index in [-0.39, 0.29) is 42.3 Å². The Balaban J connectivity index is 0.00000128. The fourth-order valence-electron chi connectivity index (χ4n) is 4.74. The number of hydrogen-bond donors (Lipinski definition) is 3. The average molecular weight is 450 g/mol. The summed E-state index contributed by atoms with van der Waals surface area (Å²) in [6.07, 6.45) is 1.05. The molecule has 160 valence electrons. The van der Waals surface area contributed by atoms with Gasteiger partial charge in [-0.2, -0.15) is 0 Å². The summed E-state index contributed by atoms with van der Waals surface area (Å²) in [4.78, 5) is 32.9. The van der Waals surface area contributed by atoms with Gasteiger partial charge in [0.25, 0.3) is 11.5 Å². The van der Waals surface area contributed by atoms with Gasteiger partial charge in [0.15, 0.2) is 0 Å². The molecule has 7 nitrogen and oxygen atoms in total. The maximum atomic E-state index is 12.8. The van der Waals surface area contributed by atoms with Crippen molar-refractivity contribution in [3.8, 4) is 0 Å². The van der Waals surface area contributed by atoms with Crippen LogP contribution < -0.4 is 16.2 Å². The minimum atomic E-state index is -0.134. The topological polar surface area (TPSA) is 91.8 Å². The third kappa shape index (κ3) is 3.85. The summed E-state index contributed by atoms with van der Waals surface area (Å²) in [5, 5.41) is 6.53. The summed E-state index contributed by atoms with van der Waals surface area (Å²) in [5.41, 5.74) is 3.38. The lowest BCUT2D eigenvalue weighted by Crippen LogP contribution is -2.50. The number of nitrogens with one attached hydrogen (secondary N) is 3. The SMILES string of the molecule is Cc1nc2ccc(C(=O)NC[C@H]3[C@@H]4CNC[C@@H](C4)c4cccc(=O)n43)cc2[nH]1.Cl.Cl. The van der Waals surface area contributed by atoms with Crippen LogP contribution in [0, 0.1) is 12.8 Å². The zero-order valence-corrected chi connectivity index (χ0v) is 18.2. The number of nitrogens with zero attached hydrogens (tertiary/aromatic N) is 2.